The molecule has 0 amide bonds. The second-order valence-corrected chi connectivity index (χ2v) is 5.93. The number of hydrogen-bond donors (Lipinski definition) is 1. The maximum absolute atomic E-state index is 3.81. The van der Waals surface area contributed by atoms with Crippen molar-refractivity contribution in [3.05, 3.63) is 0 Å². The van der Waals surface area contributed by atoms with Gasteiger partial charge in [-0.1, -0.05) is 26.2 Å². The second kappa shape index (κ2) is 5.05. The predicted octanol–water partition coefficient (Wildman–Crippen LogP) is 2.64. The van der Waals surface area contributed by atoms with Gasteiger partial charge in [0.15, 0.2) is 0 Å². The number of rotatable bonds is 5. The first-order valence-corrected chi connectivity index (χ1v) is 7.11. The van der Waals surface area contributed by atoms with Gasteiger partial charge in [-0.3, -0.25) is 0 Å². The van der Waals surface area contributed by atoms with Crippen LogP contribution in [-0.2, 0) is 0 Å². The fourth-order valence-electron chi connectivity index (χ4n) is 3.81. The molecule has 0 bridgehead atoms. The van der Waals surface area contributed by atoms with Gasteiger partial charge in [-0.05, 0) is 52.2 Å². The van der Waals surface area contributed by atoms with Gasteiger partial charge in [-0.2, -0.15) is 0 Å². The quantitative estimate of drug-likeness (QED) is 0.772. The minimum Gasteiger partial charge on any atom is -0.312 e. The summed E-state index contributed by atoms with van der Waals surface area (Å²) in [7, 11) is 4.57. The van der Waals surface area contributed by atoms with Crippen molar-refractivity contribution in [1.82, 2.24) is 10.2 Å². The SMILES string of the molecule is CCNC(C1CCC1)C1(N(C)C)CCCC1. The lowest BCUT2D eigenvalue weighted by molar-refractivity contribution is 0.0489. The average Bonchev–Trinajstić information content (AvgIpc) is 2.63. The van der Waals surface area contributed by atoms with Crippen LogP contribution in [0.5, 0.6) is 0 Å². The fraction of sp³-hybridized carbons (Fsp3) is 1.00. The molecule has 0 aromatic heterocycles. The summed E-state index contributed by atoms with van der Waals surface area (Å²) in [6.45, 7) is 3.38. The van der Waals surface area contributed by atoms with Gasteiger partial charge in [0.1, 0.15) is 0 Å². The minimum absolute atomic E-state index is 0.459. The summed E-state index contributed by atoms with van der Waals surface area (Å²) < 4.78 is 0. The number of likely N-dealkylation sites (N-methyl/N-ethyl adjacent to an activating group) is 2. The number of nitrogens with zero attached hydrogens (tertiary/aromatic N) is 1. The molecule has 0 heterocycles. The lowest BCUT2D eigenvalue weighted by atomic mass is 9.70. The smallest absolute Gasteiger partial charge is 0.0359 e. The van der Waals surface area contributed by atoms with Crippen LogP contribution >= 0.6 is 0 Å². The molecule has 1 N–H and O–H groups in total. The summed E-state index contributed by atoms with van der Waals surface area (Å²) in [4.78, 5) is 2.52. The highest BCUT2D eigenvalue weighted by Crippen LogP contribution is 2.43. The molecule has 0 spiro atoms. The Morgan fingerprint density at radius 1 is 1.19 bits per heavy atom. The summed E-state index contributed by atoms with van der Waals surface area (Å²) >= 11 is 0. The zero-order valence-corrected chi connectivity index (χ0v) is 11.3. The van der Waals surface area contributed by atoms with Crippen molar-refractivity contribution in [1.29, 1.82) is 0 Å². The molecule has 2 rings (SSSR count). The van der Waals surface area contributed by atoms with Gasteiger partial charge in [0.05, 0.1) is 0 Å². The Balaban J connectivity index is 2.13. The molecular formula is C14H28N2. The summed E-state index contributed by atoms with van der Waals surface area (Å²) in [6, 6.07) is 0.740. The van der Waals surface area contributed by atoms with E-state index >= 15 is 0 Å². The van der Waals surface area contributed by atoms with Crippen LogP contribution in [0.25, 0.3) is 0 Å². The van der Waals surface area contributed by atoms with Gasteiger partial charge in [-0.15, -0.1) is 0 Å². The molecule has 2 aliphatic rings. The van der Waals surface area contributed by atoms with E-state index in [9.17, 15) is 0 Å². The third-order valence-electron chi connectivity index (χ3n) is 4.98. The summed E-state index contributed by atoms with van der Waals surface area (Å²) in [6.07, 6.45) is 10.00. The third-order valence-corrected chi connectivity index (χ3v) is 4.98. The van der Waals surface area contributed by atoms with Crippen molar-refractivity contribution in [2.75, 3.05) is 20.6 Å². The molecule has 1 unspecified atom stereocenters. The van der Waals surface area contributed by atoms with Crippen LogP contribution in [0.3, 0.4) is 0 Å². The number of nitrogens with one attached hydrogen (secondary N) is 1. The number of hydrogen-bond acceptors (Lipinski definition) is 2. The van der Waals surface area contributed by atoms with Gasteiger partial charge in [-0.25, -0.2) is 0 Å². The molecule has 2 fully saturated rings. The molecule has 2 nitrogen and oxygen atoms in total. The topological polar surface area (TPSA) is 15.3 Å². The minimum atomic E-state index is 0.459. The largest absolute Gasteiger partial charge is 0.312 e. The molecule has 2 saturated carbocycles. The zero-order chi connectivity index (χ0) is 11.6. The highest BCUT2D eigenvalue weighted by Gasteiger charge is 2.47. The van der Waals surface area contributed by atoms with Crippen LogP contribution < -0.4 is 5.32 Å². The maximum Gasteiger partial charge on any atom is 0.0359 e. The highest BCUT2D eigenvalue weighted by molar-refractivity contribution is 5.05. The van der Waals surface area contributed by atoms with E-state index in [0.29, 0.717) is 5.54 Å². The van der Waals surface area contributed by atoms with Gasteiger partial charge in [0.25, 0.3) is 0 Å². The monoisotopic (exact) mass is 224 g/mol. The van der Waals surface area contributed by atoms with Crippen LogP contribution in [0.4, 0.5) is 0 Å². The standard InChI is InChI=1S/C14H28N2/c1-4-15-13(12-8-7-9-12)14(16(2)3)10-5-6-11-14/h12-13,15H,4-11H2,1-3H3. The normalized spacial score (nSPS) is 27.0. The predicted molar refractivity (Wildman–Crippen MR) is 69.7 cm³/mol. The first-order valence-electron chi connectivity index (χ1n) is 7.11. The maximum atomic E-state index is 3.81. The third kappa shape index (κ3) is 2.02. The Bertz CT molecular complexity index is 215. The molecule has 1 atom stereocenters. The van der Waals surface area contributed by atoms with E-state index < -0.39 is 0 Å². The second-order valence-electron chi connectivity index (χ2n) is 5.93. The molecule has 0 aromatic carbocycles. The van der Waals surface area contributed by atoms with E-state index in [0.717, 1.165) is 18.5 Å². The molecule has 0 radical (unpaired) electrons. The summed E-state index contributed by atoms with van der Waals surface area (Å²) in [5.41, 5.74) is 0.459. The van der Waals surface area contributed by atoms with E-state index in [1.54, 1.807) is 0 Å². The van der Waals surface area contributed by atoms with Crippen LogP contribution in [-0.4, -0.2) is 37.1 Å². The molecule has 2 heteroatoms. The lowest BCUT2D eigenvalue weighted by Gasteiger charge is -2.49. The van der Waals surface area contributed by atoms with E-state index in [2.05, 4.69) is 31.2 Å². The Morgan fingerprint density at radius 2 is 1.81 bits per heavy atom. The van der Waals surface area contributed by atoms with Gasteiger partial charge >= 0.3 is 0 Å². The first-order chi connectivity index (χ1) is 7.70. The molecule has 0 aromatic rings. The molecule has 0 aliphatic heterocycles. The Hall–Kier alpha value is -0.0800. The van der Waals surface area contributed by atoms with Crippen LogP contribution in [0.15, 0.2) is 0 Å². The van der Waals surface area contributed by atoms with Crippen molar-refractivity contribution >= 4 is 0 Å². The van der Waals surface area contributed by atoms with E-state index in [1.807, 2.05) is 0 Å². The molecule has 94 valence electrons. The van der Waals surface area contributed by atoms with Crippen LogP contribution in [0.1, 0.15) is 51.9 Å². The summed E-state index contributed by atoms with van der Waals surface area (Å²) in [5, 5.41) is 3.81. The molecular weight excluding hydrogens is 196 g/mol. The van der Waals surface area contributed by atoms with E-state index in [-0.39, 0.29) is 0 Å². The van der Waals surface area contributed by atoms with Crippen molar-refractivity contribution in [2.45, 2.75) is 63.5 Å². The first kappa shape index (κ1) is 12.4. The van der Waals surface area contributed by atoms with E-state index in [4.69, 9.17) is 0 Å². The van der Waals surface area contributed by atoms with Gasteiger partial charge in [0, 0.05) is 11.6 Å². The molecule has 16 heavy (non-hydrogen) atoms. The molecule has 0 saturated heterocycles. The lowest BCUT2D eigenvalue weighted by Crippen LogP contribution is -2.61. The zero-order valence-electron chi connectivity index (χ0n) is 11.3. The summed E-state index contributed by atoms with van der Waals surface area (Å²) in [5.74, 6) is 0.945. The van der Waals surface area contributed by atoms with Crippen molar-refractivity contribution in [3.8, 4) is 0 Å². The fourth-order valence-corrected chi connectivity index (χ4v) is 3.81. The van der Waals surface area contributed by atoms with E-state index in [1.165, 1.54) is 44.9 Å². The van der Waals surface area contributed by atoms with Crippen molar-refractivity contribution in [2.24, 2.45) is 5.92 Å². The van der Waals surface area contributed by atoms with Crippen molar-refractivity contribution in [3.63, 3.8) is 0 Å². The molecule has 2 aliphatic carbocycles. The Labute approximate surface area is 101 Å². The highest BCUT2D eigenvalue weighted by atomic mass is 15.2. The van der Waals surface area contributed by atoms with Crippen LogP contribution in [0.2, 0.25) is 0 Å². The van der Waals surface area contributed by atoms with Gasteiger partial charge in [0.2, 0.25) is 0 Å². The Morgan fingerprint density at radius 3 is 2.19 bits per heavy atom. The van der Waals surface area contributed by atoms with Crippen molar-refractivity contribution < 1.29 is 0 Å². The van der Waals surface area contributed by atoms with Crippen LogP contribution in [0, 0.1) is 5.92 Å². The Kier molecular flexibility index (Phi) is 3.91. The van der Waals surface area contributed by atoms with Gasteiger partial charge < -0.3 is 10.2 Å². The average molecular weight is 224 g/mol.